The minimum Gasteiger partial charge on any atom is -0.395 e. The summed E-state index contributed by atoms with van der Waals surface area (Å²) in [6, 6.07) is 9.70. The van der Waals surface area contributed by atoms with E-state index in [9.17, 15) is 4.21 Å². The van der Waals surface area contributed by atoms with Crippen LogP contribution >= 0.6 is 0 Å². The van der Waals surface area contributed by atoms with Crippen molar-refractivity contribution >= 4 is 16.6 Å². The van der Waals surface area contributed by atoms with E-state index in [-0.39, 0.29) is 6.61 Å². The molecule has 1 atom stereocenters. The molecule has 28 heavy (non-hydrogen) atoms. The van der Waals surface area contributed by atoms with Crippen LogP contribution in [0, 0.1) is 0 Å². The second-order valence-electron chi connectivity index (χ2n) is 7.02. The summed E-state index contributed by atoms with van der Waals surface area (Å²) in [6.07, 6.45) is 5.45. The third-order valence-electron chi connectivity index (χ3n) is 5.22. The van der Waals surface area contributed by atoms with Crippen LogP contribution in [0.1, 0.15) is 5.69 Å². The Hall–Kier alpha value is -2.13. The van der Waals surface area contributed by atoms with Crippen LogP contribution < -0.4 is 0 Å². The Morgan fingerprint density at radius 2 is 1.82 bits per heavy atom. The van der Waals surface area contributed by atoms with Gasteiger partial charge in [-0.3, -0.25) is 18.4 Å². The van der Waals surface area contributed by atoms with E-state index in [2.05, 4.69) is 19.2 Å². The van der Waals surface area contributed by atoms with Gasteiger partial charge in [0.2, 0.25) is 5.78 Å². The summed E-state index contributed by atoms with van der Waals surface area (Å²) in [7, 11) is -0.993. The number of aliphatic hydroxyl groups excluding tert-OH is 1. The zero-order chi connectivity index (χ0) is 19.5. The normalized spacial score (nSPS) is 17.2. The van der Waals surface area contributed by atoms with Gasteiger partial charge in [0.25, 0.3) is 0 Å². The first-order valence-corrected chi connectivity index (χ1v) is 11.0. The zero-order valence-electron chi connectivity index (χ0n) is 16.0. The fourth-order valence-electron chi connectivity index (χ4n) is 3.65. The molecule has 1 aliphatic heterocycles. The summed E-state index contributed by atoms with van der Waals surface area (Å²) in [5.74, 6) is 0.689. The average molecular weight is 400 g/mol. The summed E-state index contributed by atoms with van der Waals surface area (Å²) >= 11 is 0. The van der Waals surface area contributed by atoms with Crippen LogP contribution in [0.3, 0.4) is 0 Å². The molecule has 0 spiro atoms. The minimum atomic E-state index is -0.993. The Morgan fingerprint density at radius 3 is 2.50 bits per heavy atom. The Balaban J connectivity index is 1.63. The molecule has 7 nitrogen and oxygen atoms in total. The molecule has 4 rings (SSSR count). The molecular formula is C20H25N5O2S. The number of nitrogens with zero attached hydrogens (tertiary/aromatic N) is 5. The monoisotopic (exact) mass is 399 g/mol. The molecule has 0 saturated carbocycles. The van der Waals surface area contributed by atoms with E-state index in [1.54, 1.807) is 12.5 Å². The van der Waals surface area contributed by atoms with Crippen LogP contribution in [0.25, 0.3) is 17.0 Å². The zero-order valence-corrected chi connectivity index (χ0v) is 16.8. The van der Waals surface area contributed by atoms with E-state index in [1.807, 2.05) is 36.5 Å². The van der Waals surface area contributed by atoms with E-state index < -0.39 is 10.8 Å². The highest BCUT2D eigenvalue weighted by atomic mass is 32.2. The quantitative estimate of drug-likeness (QED) is 0.672. The maximum atomic E-state index is 11.7. The fourth-order valence-corrected chi connectivity index (χ4v) is 4.17. The standard InChI is InChI=1S/C20H25N5O2S/c1-28(27)17-5-3-16(4-6-17)19-18(25-8-2-7-21-20(25)22-19)15-24-11-9-23(10-12-24)13-14-26/h2-8,26H,9-15H2,1H3/t28-/m1/s1. The Labute approximate surface area is 167 Å². The number of hydrogen-bond donors (Lipinski definition) is 1. The van der Waals surface area contributed by atoms with Crippen LogP contribution in [-0.2, 0) is 17.3 Å². The molecule has 8 heteroatoms. The lowest BCUT2D eigenvalue weighted by Gasteiger charge is -2.34. The number of piperazine rings is 1. The Bertz CT molecular complexity index is 964. The van der Waals surface area contributed by atoms with Gasteiger partial charge in [-0.2, -0.15) is 0 Å². The summed E-state index contributed by atoms with van der Waals surface area (Å²) in [6.45, 7) is 5.58. The van der Waals surface area contributed by atoms with Gasteiger partial charge in [-0.25, -0.2) is 9.97 Å². The lowest BCUT2D eigenvalue weighted by Crippen LogP contribution is -2.46. The van der Waals surface area contributed by atoms with E-state index >= 15 is 0 Å². The van der Waals surface area contributed by atoms with Gasteiger partial charge in [-0.05, 0) is 18.2 Å². The van der Waals surface area contributed by atoms with E-state index in [0.717, 1.165) is 61.1 Å². The molecule has 3 heterocycles. The molecule has 0 bridgehead atoms. The maximum Gasteiger partial charge on any atom is 0.234 e. The predicted octanol–water partition coefficient (Wildman–Crippen LogP) is 1.24. The molecular weight excluding hydrogens is 374 g/mol. The topological polar surface area (TPSA) is 74.0 Å². The van der Waals surface area contributed by atoms with E-state index in [1.165, 1.54) is 0 Å². The van der Waals surface area contributed by atoms with Crippen molar-refractivity contribution in [1.29, 1.82) is 0 Å². The first kappa shape index (κ1) is 19.2. The number of imidazole rings is 1. The van der Waals surface area contributed by atoms with Gasteiger partial charge in [0, 0.05) is 79.2 Å². The lowest BCUT2D eigenvalue weighted by molar-refractivity contribution is 0.107. The number of hydrogen-bond acceptors (Lipinski definition) is 6. The molecule has 1 fully saturated rings. The predicted molar refractivity (Wildman–Crippen MR) is 110 cm³/mol. The second-order valence-corrected chi connectivity index (χ2v) is 8.40. The summed E-state index contributed by atoms with van der Waals surface area (Å²) < 4.78 is 13.7. The van der Waals surface area contributed by atoms with Gasteiger partial charge in [-0.1, -0.05) is 12.1 Å². The number of benzene rings is 1. The molecule has 1 aromatic carbocycles. The Kier molecular flexibility index (Phi) is 5.82. The number of β-amino-alcohol motifs (C(OH)–C–C–N with tert-alkyl or cyclic N) is 1. The number of aliphatic hydroxyl groups is 1. The van der Waals surface area contributed by atoms with Gasteiger partial charge in [0.15, 0.2) is 0 Å². The van der Waals surface area contributed by atoms with Gasteiger partial charge in [-0.15, -0.1) is 0 Å². The highest BCUT2D eigenvalue weighted by Gasteiger charge is 2.21. The first-order valence-electron chi connectivity index (χ1n) is 9.47. The van der Waals surface area contributed by atoms with Crippen LogP contribution in [0.5, 0.6) is 0 Å². The van der Waals surface area contributed by atoms with Gasteiger partial charge in [0.05, 0.1) is 18.0 Å². The van der Waals surface area contributed by atoms with Crippen molar-refractivity contribution in [1.82, 2.24) is 24.2 Å². The first-order chi connectivity index (χ1) is 13.7. The van der Waals surface area contributed by atoms with E-state index in [4.69, 9.17) is 10.1 Å². The summed E-state index contributed by atoms with van der Waals surface area (Å²) in [5.41, 5.74) is 3.04. The molecule has 1 saturated heterocycles. The largest absolute Gasteiger partial charge is 0.395 e. The van der Waals surface area contributed by atoms with Crippen molar-refractivity contribution in [2.75, 3.05) is 45.6 Å². The molecule has 0 radical (unpaired) electrons. The maximum absolute atomic E-state index is 11.7. The summed E-state index contributed by atoms with van der Waals surface area (Å²) in [5, 5.41) is 9.13. The smallest absolute Gasteiger partial charge is 0.234 e. The SMILES string of the molecule is C[S@@](=O)c1ccc(-c2nc3ncccn3c2CN2CCN(CCO)CC2)cc1. The van der Waals surface area contributed by atoms with Crippen molar-refractivity contribution in [2.45, 2.75) is 11.4 Å². The molecule has 148 valence electrons. The third kappa shape index (κ3) is 4.00. The van der Waals surface area contributed by atoms with Gasteiger partial charge in [0.1, 0.15) is 0 Å². The van der Waals surface area contributed by atoms with Gasteiger partial charge >= 0.3 is 0 Å². The number of fused-ring (bicyclic) bond motifs is 1. The summed E-state index contributed by atoms with van der Waals surface area (Å²) in [4.78, 5) is 14.7. The number of rotatable bonds is 6. The third-order valence-corrected chi connectivity index (χ3v) is 6.15. The van der Waals surface area contributed by atoms with Crippen LogP contribution in [0.15, 0.2) is 47.6 Å². The number of aromatic nitrogens is 3. The van der Waals surface area contributed by atoms with Crippen molar-refractivity contribution in [3.05, 3.63) is 48.4 Å². The van der Waals surface area contributed by atoms with Crippen molar-refractivity contribution in [2.24, 2.45) is 0 Å². The lowest BCUT2D eigenvalue weighted by atomic mass is 10.1. The Morgan fingerprint density at radius 1 is 1.11 bits per heavy atom. The molecule has 3 aromatic rings. The molecule has 0 aliphatic carbocycles. The molecule has 0 unspecified atom stereocenters. The van der Waals surface area contributed by atoms with E-state index in [0.29, 0.717) is 5.78 Å². The highest BCUT2D eigenvalue weighted by Crippen LogP contribution is 2.26. The fraction of sp³-hybridized carbons (Fsp3) is 0.400. The van der Waals surface area contributed by atoms with Crippen LogP contribution in [-0.4, -0.2) is 79.1 Å². The molecule has 2 aromatic heterocycles. The highest BCUT2D eigenvalue weighted by molar-refractivity contribution is 7.84. The average Bonchev–Trinajstić information content (AvgIpc) is 3.08. The second kappa shape index (κ2) is 8.48. The van der Waals surface area contributed by atoms with Crippen molar-refractivity contribution in [3.63, 3.8) is 0 Å². The van der Waals surface area contributed by atoms with Crippen molar-refractivity contribution < 1.29 is 9.32 Å². The van der Waals surface area contributed by atoms with Crippen LogP contribution in [0.2, 0.25) is 0 Å². The van der Waals surface area contributed by atoms with Gasteiger partial charge < -0.3 is 5.11 Å². The minimum absolute atomic E-state index is 0.210. The molecule has 0 amide bonds. The molecule has 1 aliphatic rings. The van der Waals surface area contributed by atoms with Crippen LogP contribution in [0.4, 0.5) is 0 Å². The van der Waals surface area contributed by atoms with Crippen molar-refractivity contribution in [3.8, 4) is 11.3 Å². The molecule has 1 N–H and O–H groups in total.